The summed E-state index contributed by atoms with van der Waals surface area (Å²) < 4.78 is 6.99. The number of likely N-dealkylation sites (N-methyl/N-ethyl adjacent to an activating group) is 1. The number of carbonyl (C=O) groups excluding carboxylic acids is 2. The molecular formula is C25H28Cl2N6O4. The number of amides is 2. The van der Waals surface area contributed by atoms with Gasteiger partial charge in [0.2, 0.25) is 5.91 Å². The monoisotopic (exact) mass is 546 g/mol. The molecule has 3 aromatic rings. The van der Waals surface area contributed by atoms with E-state index in [9.17, 15) is 14.4 Å². The molecule has 0 fully saturated rings. The molecule has 0 spiro atoms. The summed E-state index contributed by atoms with van der Waals surface area (Å²) in [7, 11) is 1.53. The van der Waals surface area contributed by atoms with E-state index in [1.165, 1.54) is 7.05 Å². The maximum absolute atomic E-state index is 13.1. The van der Waals surface area contributed by atoms with Crippen LogP contribution in [-0.4, -0.2) is 46.2 Å². The molecule has 0 aliphatic rings. The number of anilines is 1. The van der Waals surface area contributed by atoms with Crippen LogP contribution in [0.25, 0.3) is 0 Å². The highest BCUT2D eigenvalue weighted by Crippen LogP contribution is 2.25. The molecule has 0 aliphatic heterocycles. The summed E-state index contributed by atoms with van der Waals surface area (Å²) >= 11 is 12.3. The van der Waals surface area contributed by atoms with Crippen LogP contribution < -0.4 is 26.4 Å². The molecule has 3 N–H and O–H groups in total. The van der Waals surface area contributed by atoms with Crippen molar-refractivity contribution in [1.29, 1.82) is 0 Å². The predicted octanol–water partition coefficient (Wildman–Crippen LogP) is 3.12. The molecule has 3 rings (SSSR count). The highest BCUT2D eigenvalue weighted by atomic mass is 35.5. The van der Waals surface area contributed by atoms with Crippen molar-refractivity contribution in [1.82, 2.24) is 20.0 Å². The van der Waals surface area contributed by atoms with Gasteiger partial charge in [0.05, 0.1) is 12.1 Å². The number of pyridine rings is 1. The maximum Gasteiger partial charge on any atom is 0.312 e. The van der Waals surface area contributed by atoms with Crippen molar-refractivity contribution in [2.45, 2.75) is 39.2 Å². The maximum atomic E-state index is 13.1. The van der Waals surface area contributed by atoms with Gasteiger partial charge < -0.3 is 15.4 Å². The number of hydrogen-bond acceptors (Lipinski definition) is 7. The highest BCUT2D eigenvalue weighted by Gasteiger charge is 2.23. The van der Waals surface area contributed by atoms with Gasteiger partial charge in [0, 0.05) is 42.5 Å². The molecule has 1 unspecified atom stereocenters. The third-order valence-electron chi connectivity index (χ3n) is 5.46. The van der Waals surface area contributed by atoms with Crippen LogP contribution in [0.15, 0.2) is 47.4 Å². The topological polar surface area (TPSA) is 127 Å². The molecule has 2 heterocycles. The number of nitrogens with zero attached hydrogens (tertiary/aromatic N) is 3. The van der Waals surface area contributed by atoms with Crippen molar-refractivity contribution >= 4 is 40.8 Å². The SMILES string of the molecule is CCC(Oc1ccc(Cl)cc1CC(=O)NC)C(=O)Nn1c(C)c(Cl)nc(NCCc2ccccn2)c1=O. The third kappa shape index (κ3) is 7.43. The van der Waals surface area contributed by atoms with E-state index in [1.807, 2.05) is 18.2 Å². The first-order valence-electron chi connectivity index (χ1n) is 11.6. The minimum absolute atomic E-state index is 0.00800. The lowest BCUT2D eigenvalue weighted by Gasteiger charge is -2.21. The molecule has 10 nitrogen and oxygen atoms in total. The van der Waals surface area contributed by atoms with Gasteiger partial charge in [-0.3, -0.25) is 24.8 Å². The largest absolute Gasteiger partial charge is 0.480 e. The summed E-state index contributed by atoms with van der Waals surface area (Å²) in [5.74, 6) is -0.480. The van der Waals surface area contributed by atoms with E-state index in [4.69, 9.17) is 27.9 Å². The molecule has 12 heteroatoms. The normalized spacial score (nSPS) is 11.5. The molecule has 37 heavy (non-hydrogen) atoms. The zero-order valence-corrected chi connectivity index (χ0v) is 22.2. The molecular weight excluding hydrogens is 519 g/mol. The Labute approximate surface area is 224 Å². The Kier molecular flexibility index (Phi) is 9.87. The molecule has 0 aliphatic carbocycles. The Bertz CT molecular complexity index is 1320. The summed E-state index contributed by atoms with van der Waals surface area (Å²) in [6.07, 6.45) is 1.59. The second-order valence-electron chi connectivity index (χ2n) is 8.07. The Morgan fingerprint density at radius 2 is 1.97 bits per heavy atom. The van der Waals surface area contributed by atoms with E-state index in [1.54, 1.807) is 38.2 Å². The minimum Gasteiger partial charge on any atom is -0.480 e. The second kappa shape index (κ2) is 13.1. The van der Waals surface area contributed by atoms with E-state index < -0.39 is 17.6 Å². The fourth-order valence-corrected chi connectivity index (χ4v) is 3.77. The van der Waals surface area contributed by atoms with Crippen molar-refractivity contribution in [2.24, 2.45) is 0 Å². The summed E-state index contributed by atoms with van der Waals surface area (Å²) in [5, 5.41) is 5.99. The lowest BCUT2D eigenvalue weighted by Crippen LogP contribution is -2.43. The fourth-order valence-electron chi connectivity index (χ4n) is 3.40. The quantitative estimate of drug-likeness (QED) is 0.337. The van der Waals surface area contributed by atoms with Crippen LogP contribution in [0.3, 0.4) is 0 Å². The van der Waals surface area contributed by atoms with Crippen LogP contribution in [0.4, 0.5) is 5.82 Å². The lowest BCUT2D eigenvalue weighted by molar-refractivity contribution is -0.123. The number of rotatable bonds is 11. The zero-order chi connectivity index (χ0) is 26.9. The van der Waals surface area contributed by atoms with Gasteiger partial charge in [-0.25, -0.2) is 9.66 Å². The van der Waals surface area contributed by atoms with Gasteiger partial charge in [0.15, 0.2) is 17.1 Å². The fraction of sp³-hybridized carbons (Fsp3) is 0.320. The number of carbonyl (C=O) groups is 2. The van der Waals surface area contributed by atoms with Gasteiger partial charge in [-0.05, 0) is 43.7 Å². The van der Waals surface area contributed by atoms with Crippen LogP contribution in [0.5, 0.6) is 5.75 Å². The third-order valence-corrected chi connectivity index (χ3v) is 6.05. The van der Waals surface area contributed by atoms with E-state index in [0.717, 1.165) is 10.4 Å². The highest BCUT2D eigenvalue weighted by molar-refractivity contribution is 6.30. The molecule has 0 bridgehead atoms. The van der Waals surface area contributed by atoms with Gasteiger partial charge in [-0.1, -0.05) is 36.2 Å². The number of aromatic nitrogens is 3. The molecule has 196 valence electrons. The Balaban J connectivity index is 1.77. The van der Waals surface area contributed by atoms with Gasteiger partial charge >= 0.3 is 5.56 Å². The second-order valence-corrected chi connectivity index (χ2v) is 8.86. The zero-order valence-electron chi connectivity index (χ0n) is 20.7. The number of nitrogens with one attached hydrogen (secondary N) is 3. The first-order valence-corrected chi connectivity index (χ1v) is 12.4. The number of hydrogen-bond donors (Lipinski definition) is 3. The van der Waals surface area contributed by atoms with E-state index in [-0.39, 0.29) is 35.4 Å². The summed E-state index contributed by atoms with van der Waals surface area (Å²) in [6.45, 7) is 3.72. The van der Waals surface area contributed by atoms with Gasteiger partial charge in [-0.2, -0.15) is 0 Å². The lowest BCUT2D eigenvalue weighted by atomic mass is 10.1. The summed E-state index contributed by atoms with van der Waals surface area (Å²) in [6, 6.07) is 10.4. The van der Waals surface area contributed by atoms with Crippen molar-refractivity contribution in [3.05, 3.63) is 80.1 Å². The van der Waals surface area contributed by atoms with Crippen molar-refractivity contribution in [3.8, 4) is 5.75 Å². The van der Waals surface area contributed by atoms with E-state index >= 15 is 0 Å². The Morgan fingerprint density at radius 1 is 1.19 bits per heavy atom. The van der Waals surface area contributed by atoms with E-state index in [0.29, 0.717) is 29.3 Å². The molecule has 1 atom stereocenters. The number of halogens is 2. The first kappa shape index (κ1) is 27.9. The summed E-state index contributed by atoms with van der Waals surface area (Å²) in [5.41, 5.74) is 3.65. The molecule has 2 aromatic heterocycles. The molecule has 0 saturated heterocycles. The molecule has 2 amide bonds. The predicted molar refractivity (Wildman–Crippen MR) is 143 cm³/mol. The first-order chi connectivity index (χ1) is 17.7. The molecule has 0 radical (unpaired) electrons. The average Bonchev–Trinajstić information content (AvgIpc) is 2.89. The Hall–Kier alpha value is -3.63. The van der Waals surface area contributed by atoms with Crippen LogP contribution in [0.2, 0.25) is 10.2 Å². The van der Waals surface area contributed by atoms with Crippen molar-refractivity contribution in [3.63, 3.8) is 0 Å². The van der Waals surface area contributed by atoms with Gasteiger partial charge in [-0.15, -0.1) is 0 Å². The van der Waals surface area contributed by atoms with Gasteiger partial charge in [0.25, 0.3) is 5.91 Å². The molecule has 1 aromatic carbocycles. The van der Waals surface area contributed by atoms with Crippen LogP contribution >= 0.6 is 23.2 Å². The number of benzene rings is 1. The van der Waals surface area contributed by atoms with Crippen molar-refractivity contribution < 1.29 is 14.3 Å². The van der Waals surface area contributed by atoms with Gasteiger partial charge in [0.1, 0.15) is 5.75 Å². The average molecular weight is 547 g/mol. The standard InChI is InChI=1S/C25H28Cl2N6O4/c1-4-19(37-20-9-8-17(26)13-16(20)14-21(34)28-3)24(35)32-33-15(2)22(27)31-23(25(33)36)30-12-10-18-7-5-6-11-29-18/h5-9,11,13,19H,4,10,12,14H2,1-3H3,(H,28,34)(H,30,31)(H,32,35). The smallest absolute Gasteiger partial charge is 0.312 e. The minimum atomic E-state index is -0.969. The van der Waals surface area contributed by atoms with Crippen LogP contribution in [0.1, 0.15) is 30.3 Å². The van der Waals surface area contributed by atoms with E-state index in [2.05, 4.69) is 26.0 Å². The van der Waals surface area contributed by atoms with Crippen molar-refractivity contribution in [2.75, 3.05) is 24.3 Å². The summed E-state index contributed by atoms with van der Waals surface area (Å²) in [4.78, 5) is 46.5. The molecule has 0 saturated carbocycles. The number of ether oxygens (including phenoxy) is 1. The van der Waals surface area contributed by atoms with Crippen LogP contribution in [0, 0.1) is 6.92 Å². The Morgan fingerprint density at radius 3 is 2.65 bits per heavy atom. The van der Waals surface area contributed by atoms with Crippen LogP contribution in [-0.2, 0) is 22.4 Å².